The number of carbonyl (C=O) groups is 1. The summed E-state index contributed by atoms with van der Waals surface area (Å²) in [5.74, 6) is -0.838. The Morgan fingerprint density at radius 2 is 2.03 bits per heavy atom. The smallest absolute Gasteiger partial charge is 0.255 e. The molecule has 1 aliphatic heterocycles. The lowest BCUT2D eigenvalue weighted by molar-refractivity contribution is -0.136. The number of rotatable bonds is 4. The number of anilines is 1. The van der Waals surface area contributed by atoms with Gasteiger partial charge in [0.05, 0.1) is 29.1 Å². The van der Waals surface area contributed by atoms with Gasteiger partial charge in [-0.05, 0) is 49.8 Å². The average molecular weight is 454 g/mol. The van der Waals surface area contributed by atoms with Crippen molar-refractivity contribution in [1.82, 2.24) is 9.55 Å². The molecule has 1 aliphatic carbocycles. The van der Waals surface area contributed by atoms with Crippen LogP contribution >= 0.6 is 12.6 Å². The third kappa shape index (κ3) is 2.65. The standard InChI is InChI=1S/C24H24FN3O3S/c1-3-24(31,11(2)29)16-7-19-22-14(9-28(19)23(30)15(16)10-32)12-5-4-6-13-20(12)18(27-22)8-17(25)21(13)26/h7-8,31-32H,3-6,9-10,26H2,1-2H3/t24-/m1/s1. The summed E-state index contributed by atoms with van der Waals surface area (Å²) in [5.41, 5.74) is 9.09. The molecule has 0 bridgehead atoms. The fourth-order valence-electron chi connectivity index (χ4n) is 5.32. The lowest BCUT2D eigenvalue weighted by Crippen LogP contribution is -2.37. The maximum atomic E-state index is 14.5. The molecule has 0 spiro atoms. The first-order valence-corrected chi connectivity index (χ1v) is 11.4. The highest BCUT2D eigenvalue weighted by Gasteiger charge is 2.38. The Balaban J connectivity index is 1.86. The van der Waals surface area contributed by atoms with Crippen molar-refractivity contribution in [2.45, 2.75) is 57.4 Å². The molecule has 2 aromatic heterocycles. The second-order valence-corrected chi connectivity index (χ2v) is 8.97. The number of fused-ring (bicyclic) bond motifs is 4. The van der Waals surface area contributed by atoms with Gasteiger partial charge in [-0.1, -0.05) is 6.92 Å². The molecule has 0 saturated carbocycles. The van der Waals surface area contributed by atoms with E-state index in [0.717, 1.165) is 34.9 Å². The molecule has 166 valence electrons. The van der Waals surface area contributed by atoms with Crippen LogP contribution in [0.25, 0.3) is 22.3 Å². The van der Waals surface area contributed by atoms with Gasteiger partial charge >= 0.3 is 0 Å². The van der Waals surface area contributed by atoms with E-state index >= 15 is 0 Å². The third-order valence-electron chi connectivity index (χ3n) is 7.10. The van der Waals surface area contributed by atoms with Gasteiger partial charge in [0, 0.05) is 33.9 Å². The van der Waals surface area contributed by atoms with E-state index in [0.29, 0.717) is 35.4 Å². The van der Waals surface area contributed by atoms with Gasteiger partial charge in [-0.25, -0.2) is 9.37 Å². The Kier molecular flexibility index (Phi) is 4.73. The fourth-order valence-corrected chi connectivity index (χ4v) is 5.63. The summed E-state index contributed by atoms with van der Waals surface area (Å²) in [6.45, 7) is 3.35. The number of aryl methyl sites for hydroxylation is 2. The number of nitrogens with zero attached hydrogens (tertiary/aromatic N) is 2. The van der Waals surface area contributed by atoms with Crippen LogP contribution in [0.15, 0.2) is 16.9 Å². The number of hydrogen-bond acceptors (Lipinski definition) is 6. The first kappa shape index (κ1) is 21.2. The van der Waals surface area contributed by atoms with Crippen molar-refractivity contribution in [3.8, 4) is 11.4 Å². The van der Waals surface area contributed by atoms with Crippen LogP contribution in [0.5, 0.6) is 0 Å². The van der Waals surface area contributed by atoms with Crippen LogP contribution in [-0.4, -0.2) is 20.4 Å². The maximum Gasteiger partial charge on any atom is 0.255 e. The monoisotopic (exact) mass is 453 g/mol. The molecule has 1 aromatic carbocycles. The highest BCUT2D eigenvalue weighted by molar-refractivity contribution is 7.79. The number of pyridine rings is 2. The summed E-state index contributed by atoms with van der Waals surface area (Å²) in [5, 5.41) is 12.0. The summed E-state index contributed by atoms with van der Waals surface area (Å²) < 4.78 is 16.1. The molecule has 1 atom stereocenters. The number of halogens is 1. The number of nitrogen functional groups attached to an aromatic ring is 1. The Morgan fingerprint density at radius 3 is 2.69 bits per heavy atom. The summed E-state index contributed by atoms with van der Waals surface area (Å²) in [4.78, 5) is 30.5. The molecule has 0 unspecified atom stereocenters. The maximum absolute atomic E-state index is 14.5. The highest BCUT2D eigenvalue weighted by Crippen LogP contribution is 2.43. The molecule has 6 nitrogen and oxygen atoms in total. The number of thiol groups is 1. The van der Waals surface area contributed by atoms with Gasteiger partial charge in [0.15, 0.2) is 5.78 Å². The van der Waals surface area contributed by atoms with E-state index in [1.54, 1.807) is 17.6 Å². The molecule has 0 radical (unpaired) electrons. The van der Waals surface area contributed by atoms with Gasteiger partial charge in [0.2, 0.25) is 0 Å². The normalized spacial score (nSPS) is 16.0. The van der Waals surface area contributed by atoms with E-state index in [1.165, 1.54) is 13.0 Å². The molecule has 0 amide bonds. The van der Waals surface area contributed by atoms with E-state index in [9.17, 15) is 19.1 Å². The van der Waals surface area contributed by atoms with Crippen LogP contribution in [0, 0.1) is 5.82 Å². The van der Waals surface area contributed by atoms with Crippen LogP contribution in [-0.2, 0) is 35.5 Å². The summed E-state index contributed by atoms with van der Waals surface area (Å²) in [6.07, 6.45) is 2.45. The minimum Gasteiger partial charge on any atom is -0.396 e. The van der Waals surface area contributed by atoms with Gasteiger partial charge in [-0.3, -0.25) is 9.59 Å². The van der Waals surface area contributed by atoms with E-state index in [1.807, 2.05) is 0 Å². The van der Waals surface area contributed by atoms with E-state index in [4.69, 9.17) is 10.7 Å². The molecule has 3 heterocycles. The molecular weight excluding hydrogens is 429 g/mol. The second-order valence-electron chi connectivity index (χ2n) is 8.66. The van der Waals surface area contributed by atoms with Crippen LogP contribution in [0.3, 0.4) is 0 Å². The lowest BCUT2D eigenvalue weighted by atomic mass is 9.84. The Labute approximate surface area is 189 Å². The topological polar surface area (TPSA) is 98.2 Å². The van der Waals surface area contributed by atoms with Gasteiger partial charge in [0.25, 0.3) is 5.56 Å². The Hall–Kier alpha value is -2.71. The predicted molar refractivity (Wildman–Crippen MR) is 124 cm³/mol. The van der Waals surface area contributed by atoms with Crippen LogP contribution < -0.4 is 11.3 Å². The number of ketones is 1. The second kappa shape index (κ2) is 7.15. The van der Waals surface area contributed by atoms with Crippen molar-refractivity contribution in [1.29, 1.82) is 0 Å². The fraction of sp³-hybridized carbons (Fsp3) is 0.375. The number of aromatic nitrogens is 2. The van der Waals surface area contributed by atoms with Crippen molar-refractivity contribution < 1.29 is 14.3 Å². The minimum absolute atomic E-state index is 0.0918. The molecule has 5 rings (SSSR count). The third-order valence-corrected chi connectivity index (χ3v) is 7.41. The number of carbonyl (C=O) groups excluding carboxylic acids is 1. The predicted octanol–water partition coefficient (Wildman–Crippen LogP) is 3.25. The number of benzene rings is 1. The van der Waals surface area contributed by atoms with E-state index in [-0.39, 0.29) is 29.0 Å². The van der Waals surface area contributed by atoms with E-state index in [2.05, 4.69) is 12.6 Å². The molecule has 3 N–H and O–H groups in total. The number of nitrogens with two attached hydrogens (primary N) is 1. The Bertz CT molecular complexity index is 1400. The minimum atomic E-state index is -1.78. The van der Waals surface area contributed by atoms with Gasteiger partial charge < -0.3 is 15.4 Å². The van der Waals surface area contributed by atoms with Crippen LogP contribution in [0.1, 0.15) is 54.5 Å². The lowest BCUT2D eigenvalue weighted by Gasteiger charge is -2.27. The SMILES string of the molecule is CC[C@@](O)(C(C)=O)c1cc2n(c(=O)c1CS)Cc1c-2nc2cc(F)c(N)c3c2c1CCC3. The quantitative estimate of drug-likeness (QED) is 0.326. The molecule has 0 fully saturated rings. The average Bonchev–Trinajstić information content (AvgIpc) is 3.15. The Morgan fingerprint density at radius 1 is 1.31 bits per heavy atom. The zero-order valence-corrected chi connectivity index (χ0v) is 18.9. The van der Waals surface area contributed by atoms with E-state index < -0.39 is 17.2 Å². The molecule has 0 saturated heterocycles. The van der Waals surface area contributed by atoms with Gasteiger partial charge in [0.1, 0.15) is 11.4 Å². The van der Waals surface area contributed by atoms with Crippen LogP contribution in [0.4, 0.5) is 10.1 Å². The summed E-state index contributed by atoms with van der Waals surface area (Å²) in [7, 11) is 0. The summed E-state index contributed by atoms with van der Waals surface area (Å²) >= 11 is 4.32. The van der Waals surface area contributed by atoms with Crippen molar-refractivity contribution in [3.05, 3.63) is 56.1 Å². The number of Topliss-reactive ketones (excluding diaryl/α,β-unsaturated/α-hetero) is 1. The zero-order valence-electron chi connectivity index (χ0n) is 18.0. The molecular formula is C24H24FN3O3S. The number of hydrogen-bond donors (Lipinski definition) is 3. The van der Waals surface area contributed by atoms with Crippen molar-refractivity contribution in [2.75, 3.05) is 5.73 Å². The highest BCUT2D eigenvalue weighted by atomic mass is 32.1. The zero-order chi connectivity index (χ0) is 22.9. The first-order valence-electron chi connectivity index (χ1n) is 10.8. The number of aliphatic hydroxyl groups is 1. The van der Waals surface area contributed by atoms with Gasteiger partial charge in [-0.2, -0.15) is 12.6 Å². The first-order chi connectivity index (χ1) is 15.2. The van der Waals surface area contributed by atoms with Crippen molar-refractivity contribution in [3.63, 3.8) is 0 Å². The summed E-state index contributed by atoms with van der Waals surface area (Å²) in [6, 6.07) is 3.04. The largest absolute Gasteiger partial charge is 0.396 e. The molecule has 2 aliphatic rings. The molecule has 8 heteroatoms. The molecule has 3 aromatic rings. The van der Waals surface area contributed by atoms with Crippen molar-refractivity contribution in [2.24, 2.45) is 0 Å². The van der Waals surface area contributed by atoms with Gasteiger partial charge in [-0.15, -0.1) is 0 Å². The van der Waals surface area contributed by atoms with Crippen molar-refractivity contribution >= 4 is 35.0 Å². The van der Waals surface area contributed by atoms with Crippen LogP contribution in [0.2, 0.25) is 0 Å². The molecule has 32 heavy (non-hydrogen) atoms.